The standard InChI is InChI=1S/C17H17F3O5/c1-23-10-13(14(21)24-2)12-6-4-3-5-11(12)9-25-15(22)16(7-8-16)17(18,19)20/h3-6,10H,7-9H2,1-2H3. The van der Waals surface area contributed by atoms with E-state index in [1.165, 1.54) is 14.2 Å². The van der Waals surface area contributed by atoms with Crippen molar-refractivity contribution in [2.45, 2.75) is 25.6 Å². The second kappa shape index (κ2) is 7.16. The Labute approximate surface area is 142 Å². The lowest BCUT2D eigenvalue weighted by atomic mass is 10.0. The molecule has 1 saturated carbocycles. The van der Waals surface area contributed by atoms with Crippen LogP contribution in [0, 0.1) is 5.41 Å². The van der Waals surface area contributed by atoms with Gasteiger partial charge in [-0.15, -0.1) is 0 Å². The first-order chi connectivity index (χ1) is 11.8. The minimum Gasteiger partial charge on any atom is -0.503 e. The van der Waals surface area contributed by atoms with Crippen LogP contribution in [0.2, 0.25) is 0 Å². The molecule has 0 radical (unpaired) electrons. The molecular weight excluding hydrogens is 341 g/mol. The summed E-state index contributed by atoms with van der Waals surface area (Å²) in [5.41, 5.74) is -1.62. The van der Waals surface area contributed by atoms with Crippen molar-refractivity contribution >= 4 is 17.5 Å². The van der Waals surface area contributed by atoms with Gasteiger partial charge in [-0.25, -0.2) is 4.79 Å². The molecule has 0 aromatic heterocycles. The highest BCUT2D eigenvalue weighted by molar-refractivity contribution is 6.16. The van der Waals surface area contributed by atoms with Crippen LogP contribution in [-0.4, -0.2) is 32.3 Å². The Morgan fingerprint density at radius 2 is 1.84 bits per heavy atom. The first-order valence-corrected chi connectivity index (χ1v) is 7.40. The zero-order chi connectivity index (χ0) is 18.7. The first-order valence-electron chi connectivity index (χ1n) is 7.40. The number of halogens is 3. The fourth-order valence-electron chi connectivity index (χ4n) is 2.37. The van der Waals surface area contributed by atoms with Crippen LogP contribution in [0.1, 0.15) is 24.0 Å². The maximum absolute atomic E-state index is 12.9. The van der Waals surface area contributed by atoms with Gasteiger partial charge in [0.15, 0.2) is 5.41 Å². The van der Waals surface area contributed by atoms with Crippen molar-refractivity contribution in [2.24, 2.45) is 5.41 Å². The number of alkyl halides is 3. The highest BCUT2D eigenvalue weighted by Gasteiger charge is 2.69. The molecule has 1 aromatic rings. The van der Waals surface area contributed by atoms with Gasteiger partial charge in [-0.3, -0.25) is 4.79 Å². The number of methoxy groups -OCH3 is 2. The van der Waals surface area contributed by atoms with Crippen molar-refractivity contribution in [3.8, 4) is 0 Å². The van der Waals surface area contributed by atoms with E-state index in [1.54, 1.807) is 24.3 Å². The Bertz CT molecular complexity index is 690. The van der Waals surface area contributed by atoms with Crippen molar-refractivity contribution in [1.29, 1.82) is 0 Å². The molecule has 2 rings (SSSR count). The Kier molecular flexibility index (Phi) is 5.39. The van der Waals surface area contributed by atoms with E-state index in [4.69, 9.17) is 9.47 Å². The van der Waals surface area contributed by atoms with Gasteiger partial charge >= 0.3 is 18.1 Å². The van der Waals surface area contributed by atoms with E-state index in [-0.39, 0.29) is 18.4 Å². The Balaban J connectivity index is 2.20. The van der Waals surface area contributed by atoms with E-state index >= 15 is 0 Å². The summed E-state index contributed by atoms with van der Waals surface area (Å²) in [6.07, 6.45) is -4.01. The molecule has 0 aliphatic heterocycles. The number of carbonyl (C=O) groups excluding carboxylic acids is 2. The highest BCUT2D eigenvalue weighted by Crippen LogP contribution is 2.58. The van der Waals surface area contributed by atoms with Crippen LogP contribution in [-0.2, 0) is 30.4 Å². The molecule has 8 heteroatoms. The van der Waals surface area contributed by atoms with Gasteiger partial charge in [-0.1, -0.05) is 24.3 Å². The monoisotopic (exact) mass is 358 g/mol. The van der Waals surface area contributed by atoms with Gasteiger partial charge in [0.2, 0.25) is 0 Å². The summed E-state index contributed by atoms with van der Waals surface area (Å²) in [6.45, 7) is -0.398. The van der Waals surface area contributed by atoms with Crippen LogP contribution in [0.5, 0.6) is 0 Å². The number of carbonyl (C=O) groups is 2. The number of hydrogen-bond donors (Lipinski definition) is 0. The molecular formula is C17H17F3O5. The van der Waals surface area contributed by atoms with Crippen molar-refractivity contribution in [2.75, 3.05) is 14.2 Å². The fraction of sp³-hybridized carbons (Fsp3) is 0.412. The molecule has 0 amide bonds. The molecule has 0 atom stereocenters. The average molecular weight is 358 g/mol. The van der Waals surface area contributed by atoms with E-state index < -0.39 is 30.1 Å². The normalized spacial score (nSPS) is 16.1. The Morgan fingerprint density at radius 3 is 2.36 bits per heavy atom. The van der Waals surface area contributed by atoms with E-state index in [9.17, 15) is 22.8 Å². The van der Waals surface area contributed by atoms with Crippen LogP contribution in [0.4, 0.5) is 13.2 Å². The molecule has 0 unspecified atom stereocenters. The molecule has 5 nitrogen and oxygen atoms in total. The van der Waals surface area contributed by atoms with Crippen LogP contribution in [0.15, 0.2) is 30.5 Å². The summed E-state index contributed by atoms with van der Waals surface area (Å²) in [6, 6.07) is 6.35. The van der Waals surface area contributed by atoms with Gasteiger partial charge in [-0.05, 0) is 24.0 Å². The van der Waals surface area contributed by atoms with E-state index in [0.717, 1.165) is 6.26 Å². The van der Waals surface area contributed by atoms with Crippen molar-refractivity contribution in [3.63, 3.8) is 0 Å². The van der Waals surface area contributed by atoms with E-state index in [0.29, 0.717) is 11.1 Å². The maximum Gasteiger partial charge on any atom is 0.404 e. The van der Waals surface area contributed by atoms with Crippen molar-refractivity contribution < 1.29 is 37.0 Å². The molecule has 0 bridgehead atoms. The maximum atomic E-state index is 12.9. The van der Waals surface area contributed by atoms with Crippen LogP contribution in [0.25, 0.3) is 5.57 Å². The number of benzene rings is 1. The third-order valence-electron chi connectivity index (χ3n) is 3.99. The van der Waals surface area contributed by atoms with Gasteiger partial charge < -0.3 is 14.2 Å². The smallest absolute Gasteiger partial charge is 0.404 e. The molecule has 0 N–H and O–H groups in total. The van der Waals surface area contributed by atoms with Gasteiger partial charge in [0.05, 0.1) is 20.5 Å². The molecule has 1 aliphatic carbocycles. The average Bonchev–Trinajstić information content (AvgIpc) is 3.39. The third-order valence-corrected chi connectivity index (χ3v) is 3.99. The van der Waals surface area contributed by atoms with Crippen LogP contribution >= 0.6 is 0 Å². The summed E-state index contributed by atoms with van der Waals surface area (Å²) < 4.78 is 53.2. The summed E-state index contributed by atoms with van der Waals surface area (Å²) in [4.78, 5) is 23.7. The summed E-state index contributed by atoms with van der Waals surface area (Å²) in [5.74, 6) is -1.99. The SMILES string of the molecule is COC=C(C(=O)OC)c1ccccc1COC(=O)C1(C(F)(F)F)CC1. The molecule has 0 spiro atoms. The van der Waals surface area contributed by atoms with E-state index in [2.05, 4.69) is 4.74 Å². The molecule has 0 heterocycles. The van der Waals surface area contributed by atoms with Gasteiger partial charge in [0.25, 0.3) is 0 Å². The number of ether oxygens (including phenoxy) is 3. The Morgan fingerprint density at radius 1 is 1.20 bits per heavy atom. The predicted molar refractivity (Wildman–Crippen MR) is 81.0 cm³/mol. The molecule has 1 aliphatic rings. The minimum absolute atomic E-state index is 0.0635. The largest absolute Gasteiger partial charge is 0.503 e. The fourth-order valence-corrected chi connectivity index (χ4v) is 2.37. The van der Waals surface area contributed by atoms with Crippen molar-refractivity contribution in [3.05, 3.63) is 41.7 Å². The van der Waals surface area contributed by atoms with Crippen molar-refractivity contribution in [1.82, 2.24) is 0 Å². The number of hydrogen-bond acceptors (Lipinski definition) is 5. The second-order valence-electron chi connectivity index (χ2n) is 5.57. The number of esters is 2. The van der Waals surface area contributed by atoms with Crippen LogP contribution < -0.4 is 0 Å². The van der Waals surface area contributed by atoms with Gasteiger partial charge in [0, 0.05) is 0 Å². The molecule has 136 valence electrons. The predicted octanol–water partition coefficient (Wildman–Crippen LogP) is 3.23. The quantitative estimate of drug-likeness (QED) is 0.444. The molecule has 25 heavy (non-hydrogen) atoms. The lowest BCUT2D eigenvalue weighted by molar-refractivity contribution is -0.207. The molecule has 1 fully saturated rings. The van der Waals surface area contributed by atoms with Gasteiger partial charge in [-0.2, -0.15) is 13.2 Å². The van der Waals surface area contributed by atoms with Gasteiger partial charge in [0.1, 0.15) is 12.2 Å². The van der Waals surface area contributed by atoms with E-state index in [1.807, 2.05) is 0 Å². The second-order valence-corrected chi connectivity index (χ2v) is 5.57. The zero-order valence-electron chi connectivity index (χ0n) is 13.7. The molecule has 1 aromatic carbocycles. The zero-order valence-corrected chi connectivity index (χ0v) is 13.7. The number of rotatable bonds is 6. The topological polar surface area (TPSA) is 61.8 Å². The minimum atomic E-state index is -4.63. The summed E-state index contributed by atoms with van der Waals surface area (Å²) >= 11 is 0. The molecule has 0 saturated heterocycles. The third kappa shape index (κ3) is 3.78. The highest BCUT2D eigenvalue weighted by atomic mass is 19.4. The first kappa shape index (κ1) is 18.8. The summed E-state index contributed by atoms with van der Waals surface area (Å²) in [7, 11) is 2.53. The Hall–Kier alpha value is -2.51. The lowest BCUT2D eigenvalue weighted by Gasteiger charge is -2.18. The van der Waals surface area contributed by atoms with Crippen LogP contribution in [0.3, 0.4) is 0 Å². The summed E-state index contributed by atoms with van der Waals surface area (Å²) in [5, 5.41) is 0. The lowest BCUT2D eigenvalue weighted by Crippen LogP contribution is -2.34.